The van der Waals surface area contributed by atoms with Crippen LogP contribution in [0.3, 0.4) is 0 Å². The Labute approximate surface area is 172 Å². The van der Waals surface area contributed by atoms with Crippen LogP contribution in [0.4, 0.5) is 0 Å². The third-order valence-electron chi connectivity index (χ3n) is 5.74. The fourth-order valence-corrected chi connectivity index (χ4v) is 4.08. The number of likely N-dealkylation sites (N-methyl/N-ethyl adjacent to an activating group) is 1. The first-order valence-electron chi connectivity index (χ1n) is 9.99. The maximum absolute atomic E-state index is 13.4. The monoisotopic (exact) mass is 401 g/mol. The van der Waals surface area contributed by atoms with E-state index in [1.807, 2.05) is 32.0 Å². The normalized spacial score (nSPS) is 16.6. The third kappa shape index (κ3) is 4.11. The fourth-order valence-electron chi connectivity index (χ4n) is 4.08. The molecule has 0 aliphatic carbocycles. The van der Waals surface area contributed by atoms with E-state index >= 15 is 0 Å². The number of aromatic nitrogens is 1. The Kier molecular flexibility index (Phi) is 6.49. The Balaban J connectivity index is 2.19. The van der Waals surface area contributed by atoms with Gasteiger partial charge in [0.1, 0.15) is 5.75 Å². The van der Waals surface area contributed by atoms with Gasteiger partial charge in [-0.1, -0.05) is 6.07 Å². The van der Waals surface area contributed by atoms with E-state index in [4.69, 9.17) is 9.47 Å². The number of pyridine rings is 1. The van der Waals surface area contributed by atoms with Gasteiger partial charge in [0.2, 0.25) is 0 Å². The number of aromatic hydroxyl groups is 1. The maximum Gasteiger partial charge on any atom is 0.259 e. The lowest BCUT2D eigenvalue weighted by atomic mass is 9.95. The van der Waals surface area contributed by atoms with Crippen molar-refractivity contribution < 1.29 is 14.6 Å². The molecule has 7 nitrogen and oxygen atoms in total. The summed E-state index contributed by atoms with van der Waals surface area (Å²) in [6, 6.07) is 7.01. The molecule has 1 atom stereocenters. The lowest BCUT2D eigenvalue weighted by molar-refractivity contribution is 0.125. The summed E-state index contributed by atoms with van der Waals surface area (Å²) >= 11 is 0. The molecule has 3 rings (SSSR count). The minimum absolute atomic E-state index is 0.0379. The van der Waals surface area contributed by atoms with Crippen molar-refractivity contribution in [2.75, 3.05) is 47.4 Å². The average Bonchev–Trinajstić information content (AvgIpc) is 2.71. The molecule has 2 aromatic rings. The van der Waals surface area contributed by atoms with Gasteiger partial charge in [0.15, 0.2) is 11.5 Å². The molecule has 0 bridgehead atoms. The molecule has 1 aromatic heterocycles. The van der Waals surface area contributed by atoms with E-state index in [0.717, 1.165) is 37.4 Å². The number of piperazine rings is 1. The largest absolute Gasteiger partial charge is 0.507 e. The van der Waals surface area contributed by atoms with E-state index < -0.39 is 0 Å². The highest BCUT2D eigenvalue weighted by Crippen LogP contribution is 2.37. The number of hydrogen-bond acceptors (Lipinski definition) is 6. The highest BCUT2D eigenvalue weighted by Gasteiger charge is 2.31. The minimum atomic E-state index is -0.366. The smallest absolute Gasteiger partial charge is 0.259 e. The van der Waals surface area contributed by atoms with Crippen LogP contribution in [0, 0.1) is 6.92 Å². The summed E-state index contributed by atoms with van der Waals surface area (Å²) in [4.78, 5) is 17.9. The van der Waals surface area contributed by atoms with Gasteiger partial charge in [-0.25, -0.2) is 0 Å². The second-order valence-corrected chi connectivity index (χ2v) is 7.49. The van der Waals surface area contributed by atoms with Crippen LogP contribution in [0.25, 0.3) is 0 Å². The Morgan fingerprint density at radius 3 is 2.31 bits per heavy atom. The molecule has 1 aliphatic heterocycles. The summed E-state index contributed by atoms with van der Waals surface area (Å²) in [5.74, 6) is 1.27. The number of hydrogen-bond donors (Lipinski definition) is 1. The number of ether oxygens (including phenoxy) is 2. The molecule has 0 saturated carbocycles. The molecule has 1 saturated heterocycles. The van der Waals surface area contributed by atoms with E-state index in [-0.39, 0.29) is 17.4 Å². The molecule has 1 fully saturated rings. The van der Waals surface area contributed by atoms with E-state index in [1.54, 1.807) is 24.9 Å². The highest BCUT2D eigenvalue weighted by molar-refractivity contribution is 5.48. The van der Waals surface area contributed by atoms with Crippen LogP contribution >= 0.6 is 0 Å². The molecule has 2 heterocycles. The Hall–Kier alpha value is -2.51. The molecule has 1 unspecified atom stereocenters. The van der Waals surface area contributed by atoms with Gasteiger partial charge in [-0.05, 0) is 44.7 Å². The predicted octanol–water partition coefficient (Wildman–Crippen LogP) is 2.24. The Morgan fingerprint density at radius 2 is 1.72 bits per heavy atom. The predicted molar refractivity (Wildman–Crippen MR) is 113 cm³/mol. The standard InChI is InChI=1S/C22H31N3O4/c1-6-25-15(2)13-17(26)20(22(25)27)21(24-11-9-23(3)10-12-24)16-7-8-18(28-4)19(14-16)29-5/h7-8,13-14,21,26H,6,9-12H2,1-5H3. The molecule has 1 N–H and O–H groups in total. The van der Waals surface area contributed by atoms with Gasteiger partial charge < -0.3 is 24.0 Å². The summed E-state index contributed by atoms with van der Waals surface area (Å²) in [5.41, 5.74) is 1.91. The number of rotatable bonds is 6. The van der Waals surface area contributed by atoms with Crippen molar-refractivity contribution in [2.24, 2.45) is 0 Å². The van der Waals surface area contributed by atoms with E-state index in [2.05, 4.69) is 16.8 Å². The fraction of sp³-hybridized carbons (Fsp3) is 0.500. The first-order chi connectivity index (χ1) is 13.9. The zero-order valence-electron chi connectivity index (χ0n) is 17.9. The van der Waals surface area contributed by atoms with Crippen LogP contribution in [-0.4, -0.2) is 66.9 Å². The number of benzene rings is 1. The number of aryl methyl sites for hydroxylation is 1. The molecule has 0 amide bonds. The summed E-state index contributed by atoms with van der Waals surface area (Å²) in [6.07, 6.45) is 0. The van der Waals surface area contributed by atoms with Gasteiger partial charge >= 0.3 is 0 Å². The SMILES string of the molecule is CCn1c(C)cc(O)c(C(c2ccc(OC)c(OC)c2)N2CCN(C)CC2)c1=O. The number of methoxy groups -OCH3 is 2. The van der Waals surface area contributed by atoms with Gasteiger partial charge in [0.25, 0.3) is 5.56 Å². The molecule has 0 spiro atoms. The first-order valence-corrected chi connectivity index (χ1v) is 9.99. The average molecular weight is 402 g/mol. The van der Waals surface area contributed by atoms with Crippen molar-refractivity contribution in [3.05, 3.63) is 51.4 Å². The summed E-state index contributed by atoms with van der Waals surface area (Å²) in [5, 5.41) is 10.8. The lowest BCUT2D eigenvalue weighted by Crippen LogP contribution is -2.47. The number of nitrogens with zero attached hydrogens (tertiary/aromatic N) is 3. The van der Waals surface area contributed by atoms with Gasteiger partial charge in [-0.3, -0.25) is 9.69 Å². The second-order valence-electron chi connectivity index (χ2n) is 7.49. The van der Waals surface area contributed by atoms with Crippen LogP contribution in [0.1, 0.15) is 29.8 Å². The van der Waals surface area contributed by atoms with Gasteiger partial charge in [-0.2, -0.15) is 0 Å². The second kappa shape index (κ2) is 8.88. The lowest BCUT2D eigenvalue weighted by Gasteiger charge is -2.38. The summed E-state index contributed by atoms with van der Waals surface area (Å²) in [6.45, 7) is 7.74. The quantitative estimate of drug-likeness (QED) is 0.801. The van der Waals surface area contributed by atoms with Crippen LogP contribution in [0.2, 0.25) is 0 Å². The molecular weight excluding hydrogens is 370 g/mol. The van der Waals surface area contributed by atoms with Gasteiger partial charge in [0.05, 0.1) is 25.8 Å². The van der Waals surface area contributed by atoms with Crippen LogP contribution in [0.5, 0.6) is 17.2 Å². The Morgan fingerprint density at radius 1 is 1.07 bits per heavy atom. The summed E-state index contributed by atoms with van der Waals surface area (Å²) < 4.78 is 12.6. The Bertz CT molecular complexity index is 917. The molecule has 29 heavy (non-hydrogen) atoms. The van der Waals surface area contributed by atoms with Crippen molar-refractivity contribution in [1.82, 2.24) is 14.4 Å². The zero-order chi connectivity index (χ0) is 21.1. The van der Waals surface area contributed by atoms with Gasteiger partial charge in [0, 0.05) is 38.4 Å². The molecular formula is C22H31N3O4. The van der Waals surface area contributed by atoms with Crippen molar-refractivity contribution in [3.63, 3.8) is 0 Å². The third-order valence-corrected chi connectivity index (χ3v) is 5.74. The van der Waals surface area contributed by atoms with Gasteiger partial charge in [-0.15, -0.1) is 0 Å². The zero-order valence-corrected chi connectivity index (χ0v) is 17.9. The van der Waals surface area contributed by atoms with Crippen LogP contribution < -0.4 is 15.0 Å². The molecule has 7 heteroatoms. The molecule has 158 valence electrons. The van der Waals surface area contributed by atoms with Crippen LogP contribution in [0.15, 0.2) is 29.1 Å². The first kappa shape index (κ1) is 21.2. The van der Waals surface area contributed by atoms with Crippen molar-refractivity contribution in [3.8, 4) is 17.2 Å². The maximum atomic E-state index is 13.4. The van der Waals surface area contributed by atoms with Crippen molar-refractivity contribution in [1.29, 1.82) is 0 Å². The molecule has 1 aromatic carbocycles. The van der Waals surface area contributed by atoms with Crippen LogP contribution in [-0.2, 0) is 6.54 Å². The van der Waals surface area contributed by atoms with Crippen molar-refractivity contribution >= 4 is 0 Å². The van der Waals surface area contributed by atoms with Crippen molar-refractivity contribution in [2.45, 2.75) is 26.4 Å². The molecule has 1 aliphatic rings. The van der Waals surface area contributed by atoms with E-state index in [0.29, 0.717) is 23.6 Å². The summed E-state index contributed by atoms with van der Waals surface area (Å²) in [7, 11) is 5.29. The van der Waals surface area contributed by atoms with E-state index in [1.165, 1.54) is 0 Å². The topological polar surface area (TPSA) is 67.2 Å². The highest BCUT2D eigenvalue weighted by atomic mass is 16.5. The van der Waals surface area contributed by atoms with E-state index in [9.17, 15) is 9.90 Å². The molecule has 0 radical (unpaired) electrons. The minimum Gasteiger partial charge on any atom is -0.507 e.